The van der Waals surface area contributed by atoms with Crippen molar-refractivity contribution >= 4 is 23.4 Å². The number of nitrogens with zero attached hydrogens (tertiary/aromatic N) is 1. The number of carbonyl (C=O) groups is 3. The van der Waals surface area contributed by atoms with Crippen LogP contribution in [0.2, 0.25) is 0 Å². The highest BCUT2D eigenvalue weighted by Crippen LogP contribution is 2.28. The number of aryl methyl sites for hydroxylation is 1. The van der Waals surface area contributed by atoms with Crippen LogP contribution in [0.1, 0.15) is 56.9 Å². The highest BCUT2D eigenvalue weighted by molar-refractivity contribution is 6.22. The van der Waals surface area contributed by atoms with Gasteiger partial charge in [0.1, 0.15) is 5.75 Å². The highest BCUT2D eigenvalue weighted by atomic mass is 16.5. The summed E-state index contributed by atoms with van der Waals surface area (Å²) in [6.07, 6.45) is 0.742. The second-order valence-electron chi connectivity index (χ2n) is 7.36. The Kier molecular flexibility index (Phi) is 5.49. The number of hydrogen-bond donors (Lipinski definition) is 1. The molecule has 0 fully saturated rings. The molecule has 3 amide bonds. The summed E-state index contributed by atoms with van der Waals surface area (Å²) in [4.78, 5) is 39.1. The lowest BCUT2D eigenvalue weighted by molar-refractivity contribution is 0.0647. The Hall–Kier alpha value is -3.15. The first kappa shape index (κ1) is 19.6. The summed E-state index contributed by atoms with van der Waals surface area (Å²) in [7, 11) is 1.53. The van der Waals surface area contributed by atoms with Crippen LogP contribution in [-0.2, 0) is 0 Å². The van der Waals surface area contributed by atoms with Crippen LogP contribution < -0.4 is 10.1 Å². The molecule has 6 nitrogen and oxygen atoms in total. The van der Waals surface area contributed by atoms with Crippen molar-refractivity contribution in [2.45, 2.75) is 27.2 Å². The van der Waals surface area contributed by atoms with E-state index in [1.165, 1.54) is 18.1 Å². The third-order valence-corrected chi connectivity index (χ3v) is 4.77. The molecule has 2 aromatic carbocycles. The highest BCUT2D eigenvalue weighted by Gasteiger charge is 2.35. The number of imide groups is 1. The van der Waals surface area contributed by atoms with Gasteiger partial charge in [-0.3, -0.25) is 19.3 Å². The molecule has 28 heavy (non-hydrogen) atoms. The number of anilines is 1. The molecule has 1 aliphatic heterocycles. The number of fused-ring (bicyclic) bond motifs is 1. The number of nitrogens with one attached hydrogen (secondary N) is 1. The minimum Gasteiger partial charge on any atom is -0.495 e. The molecule has 1 heterocycles. The molecule has 0 saturated heterocycles. The Bertz CT molecular complexity index is 950. The number of benzene rings is 2. The lowest BCUT2D eigenvalue weighted by Gasteiger charge is -2.14. The van der Waals surface area contributed by atoms with Gasteiger partial charge in [-0.15, -0.1) is 0 Å². The van der Waals surface area contributed by atoms with E-state index in [2.05, 4.69) is 5.32 Å². The zero-order valence-corrected chi connectivity index (χ0v) is 16.5. The predicted octanol–water partition coefficient (Wildman–Crippen LogP) is 3.90. The van der Waals surface area contributed by atoms with Crippen molar-refractivity contribution in [3.8, 4) is 5.75 Å². The predicted molar refractivity (Wildman–Crippen MR) is 107 cm³/mol. The molecule has 0 aliphatic carbocycles. The first-order valence-corrected chi connectivity index (χ1v) is 9.28. The maximum Gasteiger partial charge on any atom is 0.261 e. The van der Waals surface area contributed by atoms with Crippen LogP contribution in [0.4, 0.5) is 5.69 Å². The molecule has 6 heteroatoms. The molecule has 0 aromatic heterocycles. The van der Waals surface area contributed by atoms with Crippen molar-refractivity contribution < 1.29 is 19.1 Å². The normalized spacial score (nSPS) is 13.1. The van der Waals surface area contributed by atoms with Gasteiger partial charge in [-0.25, -0.2) is 0 Å². The van der Waals surface area contributed by atoms with Crippen LogP contribution in [-0.4, -0.2) is 36.3 Å². The van der Waals surface area contributed by atoms with Crippen LogP contribution >= 0.6 is 0 Å². The Morgan fingerprint density at radius 3 is 2.46 bits per heavy atom. The quantitative estimate of drug-likeness (QED) is 0.771. The lowest BCUT2D eigenvalue weighted by atomic mass is 10.1. The summed E-state index contributed by atoms with van der Waals surface area (Å²) in [5.74, 6) is -0.0786. The van der Waals surface area contributed by atoms with Crippen molar-refractivity contribution in [3.05, 3.63) is 58.7 Å². The zero-order valence-electron chi connectivity index (χ0n) is 16.5. The second-order valence-corrected chi connectivity index (χ2v) is 7.36. The first-order valence-electron chi connectivity index (χ1n) is 9.28. The van der Waals surface area contributed by atoms with Crippen molar-refractivity contribution in [3.63, 3.8) is 0 Å². The molecule has 0 saturated carbocycles. The van der Waals surface area contributed by atoms with E-state index < -0.39 is 0 Å². The molecule has 3 rings (SSSR count). The van der Waals surface area contributed by atoms with Gasteiger partial charge in [0.05, 0.1) is 23.9 Å². The lowest BCUT2D eigenvalue weighted by Crippen LogP contribution is -2.31. The molecule has 2 aromatic rings. The maximum absolute atomic E-state index is 12.7. The monoisotopic (exact) mass is 380 g/mol. The topological polar surface area (TPSA) is 75.7 Å². The fraction of sp³-hybridized carbons (Fsp3) is 0.318. The Balaban J connectivity index is 1.84. The number of methoxy groups -OCH3 is 1. The summed E-state index contributed by atoms with van der Waals surface area (Å²) < 4.78 is 5.28. The van der Waals surface area contributed by atoms with Gasteiger partial charge >= 0.3 is 0 Å². The van der Waals surface area contributed by atoms with Gasteiger partial charge in [0, 0.05) is 12.1 Å². The molecule has 1 aliphatic rings. The van der Waals surface area contributed by atoms with E-state index in [1.807, 2.05) is 32.9 Å². The molecular weight excluding hydrogens is 356 g/mol. The summed E-state index contributed by atoms with van der Waals surface area (Å²) in [5, 5.41) is 2.81. The standard InChI is InChI=1S/C22H24N2O4/c1-13(2)9-10-24-21(26)16-7-6-15(12-17(16)22(24)27)20(25)23-18-11-14(3)5-8-19(18)28-4/h5-8,11-13H,9-10H2,1-4H3,(H,23,25). The van der Waals surface area contributed by atoms with Gasteiger partial charge < -0.3 is 10.1 Å². The fourth-order valence-corrected chi connectivity index (χ4v) is 3.14. The summed E-state index contributed by atoms with van der Waals surface area (Å²) in [5.41, 5.74) is 2.46. The molecule has 0 spiro atoms. The van der Waals surface area contributed by atoms with E-state index in [-0.39, 0.29) is 23.3 Å². The van der Waals surface area contributed by atoms with E-state index in [1.54, 1.807) is 18.2 Å². The third kappa shape index (κ3) is 3.76. The van der Waals surface area contributed by atoms with Gasteiger partial charge in [0.15, 0.2) is 0 Å². The van der Waals surface area contributed by atoms with Crippen molar-refractivity contribution in [2.75, 3.05) is 19.0 Å². The van der Waals surface area contributed by atoms with E-state index in [9.17, 15) is 14.4 Å². The first-order chi connectivity index (χ1) is 13.3. The van der Waals surface area contributed by atoms with E-state index in [4.69, 9.17) is 4.74 Å². The summed E-state index contributed by atoms with van der Waals surface area (Å²) >= 11 is 0. The Labute approximate surface area is 164 Å². The van der Waals surface area contributed by atoms with E-state index in [0.29, 0.717) is 35.0 Å². The molecule has 0 radical (unpaired) electrons. The molecule has 0 bridgehead atoms. The molecule has 1 N–H and O–H groups in total. The van der Waals surface area contributed by atoms with Gasteiger partial charge in [0.2, 0.25) is 0 Å². The zero-order chi connectivity index (χ0) is 20.4. The number of amides is 3. The minimum atomic E-state index is -0.368. The van der Waals surface area contributed by atoms with Gasteiger partial charge in [-0.1, -0.05) is 19.9 Å². The third-order valence-electron chi connectivity index (χ3n) is 4.77. The maximum atomic E-state index is 12.7. The number of hydrogen-bond acceptors (Lipinski definition) is 4. The molecular formula is C22H24N2O4. The Morgan fingerprint density at radius 2 is 1.79 bits per heavy atom. The average molecular weight is 380 g/mol. The van der Waals surface area contributed by atoms with Crippen molar-refractivity contribution in [2.24, 2.45) is 5.92 Å². The molecule has 0 atom stereocenters. The minimum absolute atomic E-state index is 0.276. The fourth-order valence-electron chi connectivity index (χ4n) is 3.14. The number of carbonyl (C=O) groups excluding carboxylic acids is 3. The largest absolute Gasteiger partial charge is 0.495 e. The molecule has 146 valence electrons. The van der Waals surface area contributed by atoms with Crippen LogP contribution in [0, 0.1) is 12.8 Å². The van der Waals surface area contributed by atoms with Crippen LogP contribution in [0.3, 0.4) is 0 Å². The van der Waals surface area contributed by atoms with Crippen molar-refractivity contribution in [1.82, 2.24) is 4.90 Å². The summed E-state index contributed by atoms with van der Waals surface area (Å²) in [6.45, 7) is 6.38. The van der Waals surface area contributed by atoms with Crippen LogP contribution in [0.5, 0.6) is 5.75 Å². The van der Waals surface area contributed by atoms with E-state index >= 15 is 0 Å². The van der Waals surface area contributed by atoms with Gasteiger partial charge in [-0.2, -0.15) is 0 Å². The van der Waals surface area contributed by atoms with Gasteiger partial charge in [-0.05, 0) is 55.2 Å². The second kappa shape index (κ2) is 7.84. The van der Waals surface area contributed by atoms with Crippen LogP contribution in [0.15, 0.2) is 36.4 Å². The van der Waals surface area contributed by atoms with E-state index in [0.717, 1.165) is 12.0 Å². The average Bonchev–Trinajstić information content (AvgIpc) is 2.90. The smallest absolute Gasteiger partial charge is 0.261 e. The Morgan fingerprint density at radius 1 is 1.07 bits per heavy atom. The number of ether oxygens (including phenoxy) is 1. The summed E-state index contributed by atoms with van der Waals surface area (Å²) in [6, 6.07) is 10.1. The number of rotatable bonds is 6. The SMILES string of the molecule is COc1ccc(C)cc1NC(=O)c1ccc2c(c1)C(=O)N(CCC(C)C)C2=O. The van der Waals surface area contributed by atoms with Gasteiger partial charge in [0.25, 0.3) is 17.7 Å². The van der Waals surface area contributed by atoms with Crippen molar-refractivity contribution in [1.29, 1.82) is 0 Å². The van der Waals surface area contributed by atoms with Crippen LogP contribution in [0.25, 0.3) is 0 Å². The molecule has 0 unspecified atom stereocenters.